The summed E-state index contributed by atoms with van der Waals surface area (Å²) in [5.41, 5.74) is 13.8. The third-order valence-corrected chi connectivity index (χ3v) is 3.53. The molecule has 6 heteroatoms. The Morgan fingerprint density at radius 2 is 2.22 bits per heavy atom. The first-order valence-electron chi connectivity index (χ1n) is 6.14. The van der Waals surface area contributed by atoms with E-state index in [0.717, 1.165) is 24.2 Å². The van der Waals surface area contributed by atoms with Crippen molar-refractivity contribution in [3.05, 3.63) is 18.2 Å². The lowest BCUT2D eigenvalue weighted by Crippen LogP contribution is -2.03. The van der Waals surface area contributed by atoms with Gasteiger partial charge in [-0.15, -0.1) is 5.10 Å². The lowest BCUT2D eigenvalue weighted by molar-refractivity contribution is 0.563. The monoisotopic (exact) mass is 244 g/mol. The summed E-state index contributed by atoms with van der Waals surface area (Å²) < 4.78 is 1.88. The van der Waals surface area contributed by atoms with Crippen LogP contribution in [0.4, 0.5) is 11.4 Å². The van der Waals surface area contributed by atoms with E-state index in [2.05, 4.69) is 22.4 Å². The Hall–Kier alpha value is -2.11. The SMILES string of the molecule is CCC1CC1n1nnnc1-c1ccc(N)cc1N. The number of aromatic nitrogens is 4. The molecule has 94 valence electrons. The molecule has 0 bridgehead atoms. The van der Waals surface area contributed by atoms with Gasteiger partial charge in [-0.1, -0.05) is 13.3 Å². The summed E-state index contributed by atoms with van der Waals surface area (Å²) in [6.45, 7) is 2.19. The normalized spacial score (nSPS) is 22.1. The lowest BCUT2D eigenvalue weighted by atomic mass is 10.1. The molecule has 2 unspecified atom stereocenters. The van der Waals surface area contributed by atoms with Crippen molar-refractivity contribution in [3.63, 3.8) is 0 Å². The van der Waals surface area contributed by atoms with Crippen LogP contribution in [-0.4, -0.2) is 20.2 Å². The fraction of sp³-hybridized carbons (Fsp3) is 0.417. The first kappa shape index (κ1) is 11.0. The molecule has 0 amide bonds. The van der Waals surface area contributed by atoms with E-state index in [-0.39, 0.29) is 0 Å². The fourth-order valence-corrected chi connectivity index (χ4v) is 2.35. The van der Waals surface area contributed by atoms with Crippen molar-refractivity contribution >= 4 is 11.4 Å². The molecule has 2 atom stereocenters. The Morgan fingerprint density at radius 1 is 1.39 bits per heavy atom. The van der Waals surface area contributed by atoms with Gasteiger partial charge in [-0.05, 0) is 41.0 Å². The summed E-state index contributed by atoms with van der Waals surface area (Å²) in [7, 11) is 0. The van der Waals surface area contributed by atoms with Crippen molar-refractivity contribution in [3.8, 4) is 11.4 Å². The molecule has 3 rings (SSSR count). The molecule has 18 heavy (non-hydrogen) atoms. The zero-order valence-electron chi connectivity index (χ0n) is 10.2. The van der Waals surface area contributed by atoms with E-state index in [9.17, 15) is 0 Å². The third-order valence-electron chi connectivity index (χ3n) is 3.53. The molecule has 1 fully saturated rings. The van der Waals surface area contributed by atoms with Gasteiger partial charge in [0.1, 0.15) is 0 Å². The summed E-state index contributed by atoms with van der Waals surface area (Å²) >= 11 is 0. The Kier molecular flexibility index (Phi) is 2.43. The molecular formula is C12H16N6. The maximum absolute atomic E-state index is 5.98. The van der Waals surface area contributed by atoms with E-state index >= 15 is 0 Å². The Morgan fingerprint density at radius 3 is 2.89 bits per heavy atom. The highest BCUT2D eigenvalue weighted by Crippen LogP contribution is 2.46. The van der Waals surface area contributed by atoms with Gasteiger partial charge in [0.15, 0.2) is 5.82 Å². The molecule has 2 aromatic rings. The fourth-order valence-electron chi connectivity index (χ4n) is 2.35. The van der Waals surface area contributed by atoms with Crippen LogP contribution in [0.15, 0.2) is 18.2 Å². The quantitative estimate of drug-likeness (QED) is 0.797. The molecule has 6 nitrogen and oxygen atoms in total. The average Bonchev–Trinajstić information content (AvgIpc) is 2.98. The molecule has 4 N–H and O–H groups in total. The van der Waals surface area contributed by atoms with Crippen LogP contribution in [0.2, 0.25) is 0 Å². The molecule has 1 heterocycles. The largest absolute Gasteiger partial charge is 0.399 e. The molecular weight excluding hydrogens is 228 g/mol. The number of nitrogen functional groups attached to an aromatic ring is 2. The Bertz CT molecular complexity index is 576. The molecule has 1 aliphatic carbocycles. The maximum atomic E-state index is 5.98. The van der Waals surface area contributed by atoms with Crippen molar-refractivity contribution < 1.29 is 0 Å². The summed E-state index contributed by atoms with van der Waals surface area (Å²) in [5.74, 6) is 1.41. The van der Waals surface area contributed by atoms with Crippen LogP contribution in [0.1, 0.15) is 25.8 Å². The van der Waals surface area contributed by atoms with Crippen LogP contribution in [0, 0.1) is 5.92 Å². The second kappa shape index (κ2) is 3.97. The second-order valence-electron chi connectivity index (χ2n) is 4.77. The van der Waals surface area contributed by atoms with Crippen LogP contribution in [-0.2, 0) is 0 Å². The number of anilines is 2. The molecule has 1 aliphatic rings. The lowest BCUT2D eigenvalue weighted by Gasteiger charge is -2.07. The van der Waals surface area contributed by atoms with Crippen LogP contribution >= 0.6 is 0 Å². The minimum absolute atomic E-state index is 0.414. The zero-order valence-corrected chi connectivity index (χ0v) is 10.2. The number of benzene rings is 1. The number of nitrogens with zero attached hydrogens (tertiary/aromatic N) is 4. The van der Waals surface area contributed by atoms with Gasteiger partial charge in [0.25, 0.3) is 0 Å². The smallest absolute Gasteiger partial charge is 0.184 e. The predicted octanol–water partition coefficient (Wildman–Crippen LogP) is 1.48. The van der Waals surface area contributed by atoms with Gasteiger partial charge in [-0.25, -0.2) is 4.68 Å². The summed E-state index contributed by atoms with van der Waals surface area (Å²) in [5, 5.41) is 11.9. The first-order valence-corrected chi connectivity index (χ1v) is 6.14. The molecule has 0 spiro atoms. The zero-order chi connectivity index (χ0) is 12.7. The van der Waals surface area contributed by atoms with E-state index < -0.39 is 0 Å². The van der Waals surface area contributed by atoms with Crippen molar-refractivity contribution in [1.82, 2.24) is 20.2 Å². The highest BCUT2D eigenvalue weighted by Gasteiger charge is 2.39. The molecule has 0 aliphatic heterocycles. The highest BCUT2D eigenvalue weighted by atomic mass is 15.6. The summed E-state index contributed by atoms with van der Waals surface area (Å²) in [6, 6.07) is 5.83. The predicted molar refractivity (Wildman–Crippen MR) is 69.5 cm³/mol. The maximum Gasteiger partial charge on any atom is 0.184 e. The van der Waals surface area contributed by atoms with E-state index in [0.29, 0.717) is 23.3 Å². The average molecular weight is 244 g/mol. The van der Waals surface area contributed by atoms with E-state index in [4.69, 9.17) is 11.5 Å². The number of hydrogen-bond donors (Lipinski definition) is 2. The topological polar surface area (TPSA) is 95.6 Å². The minimum atomic E-state index is 0.414. The Labute approximate surface area is 105 Å². The van der Waals surface area contributed by atoms with Gasteiger partial charge < -0.3 is 11.5 Å². The minimum Gasteiger partial charge on any atom is -0.399 e. The van der Waals surface area contributed by atoms with Crippen LogP contribution in [0.3, 0.4) is 0 Å². The van der Waals surface area contributed by atoms with Gasteiger partial charge in [0.05, 0.1) is 6.04 Å². The first-order chi connectivity index (χ1) is 8.70. The van der Waals surface area contributed by atoms with E-state index in [1.54, 1.807) is 6.07 Å². The van der Waals surface area contributed by atoms with Crippen molar-refractivity contribution in [2.45, 2.75) is 25.8 Å². The van der Waals surface area contributed by atoms with Crippen LogP contribution in [0.25, 0.3) is 11.4 Å². The summed E-state index contributed by atoms with van der Waals surface area (Å²) in [6.07, 6.45) is 2.30. The number of rotatable bonds is 3. The molecule has 1 aromatic heterocycles. The van der Waals surface area contributed by atoms with Crippen molar-refractivity contribution in [2.24, 2.45) is 5.92 Å². The molecule has 0 saturated heterocycles. The highest BCUT2D eigenvalue weighted by molar-refractivity contribution is 5.74. The number of nitrogens with two attached hydrogens (primary N) is 2. The molecule has 0 radical (unpaired) electrons. The van der Waals surface area contributed by atoms with Crippen molar-refractivity contribution in [1.29, 1.82) is 0 Å². The summed E-state index contributed by atoms with van der Waals surface area (Å²) in [4.78, 5) is 0. The van der Waals surface area contributed by atoms with Crippen LogP contribution < -0.4 is 11.5 Å². The second-order valence-corrected chi connectivity index (χ2v) is 4.77. The Balaban J connectivity index is 2.00. The van der Waals surface area contributed by atoms with Gasteiger partial charge in [0, 0.05) is 16.9 Å². The molecule has 1 saturated carbocycles. The molecule has 1 aromatic carbocycles. The van der Waals surface area contributed by atoms with E-state index in [1.165, 1.54) is 0 Å². The van der Waals surface area contributed by atoms with Crippen LogP contribution in [0.5, 0.6) is 0 Å². The van der Waals surface area contributed by atoms with Gasteiger partial charge in [-0.2, -0.15) is 0 Å². The van der Waals surface area contributed by atoms with E-state index in [1.807, 2.05) is 16.8 Å². The van der Waals surface area contributed by atoms with Gasteiger partial charge in [0.2, 0.25) is 0 Å². The number of tetrazole rings is 1. The standard InChI is InChI=1S/C12H16N6/c1-2-7-5-11(7)18-12(15-16-17-18)9-4-3-8(13)6-10(9)14/h3-4,6-7,11H,2,5,13-14H2,1H3. The third kappa shape index (κ3) is 1.70. The van der Waals surface area contributed by atoms with Gasteiger partial charge in [-0.3, -0.25) is 0 Å². The van der Waals surface area contributed by atoms with Crippen molar-refractivity contribution in [2.75, 3.05) is 11.5 Å². The van der Waals surface area contributed by atoms with Gasteiger partial charge >= 0.3 is 0 Å². The number of hydrogen-bond acceptors (Lipinski definition) is 5.